The van der Waals surface area contributed by atoms with E-state index in [1.54, 1.807) is 18.2 Å². The summed E-state index contributed by atoms with van der Waals surface area (Å²) in [5, 5.41) is 2.78. The van der Waals surface area contributed by atoms with E-state index in [0.29, 0.717) is 22.9 Å². The minimum absolute atomic E-state index is 0.00666. The molecule has 1 saturated carbocycles. The lowest BCUT2D eigenvalue weighted by Crippen LogP contribution is -2.59. The average Bonchev–Trinajstić information content (AvgIpc) is 3.02. The Labute approximate surface area is 171 Å². The minimum Gasteiger partial charge on any atom is -0.482 e. The van der Waals surface area contributed by atoms with Crippen molar-refractivity contribution in [3.63, 3.8) is 0 Å². The Morgan fingerprint density at radius 1 is 1.28 bits per heavy atom. The summed E-state index contributed by atoms with van der Waals surface area (Å²) in [6.07, 6.45) is 1.16. The third-order valence-corrected chi connectivity index (χ3v) is 7.19. The predicted molar refractivity (Wildman–Crippen MR) is 108 cm³/mol. The van der Waals surface area contributed by atoms with Crippen molar-refractivity contribution in [2.75, 3.05) is 57.9 Å². The van der Waals surface area contributed by atoms with Crippen molar-refractivity contribution in [1.29, 1.82) is 0 Å². The maximum Gasteiger partial charge on any atom is 0.262 e. The van der Waals surface area contributed by atoms with Crippen LogP contribution < -0.4 is 10.1 Å². The van der Waals surface area contributed by atoms with Crippen LogP contribution in [0.2, 0.25) is 0 Å². The molecule has 0 aromatic heterocycles. The third-order valence-electron chi connectivity index (χ3n) is 7.19. The lowest BCUT2D eigenvalue weighted by atomic mass is 9.48. The molecule has 1 aromatic carbocycles. The van der Waals surface area contributed by atoms with Crippen LogP contribution in [0.25, 0.3) is 0 Å². The van der Waals surface area contributed by atoms with E-state index in [1.807, 2.05) is 4.90 Å². The number of hydrogen-bond donors (Lipinski definition) is 1. The molecule has 7 heteroatoms. The summed E-state index contributed by atoms with van der Waals surface area (Å²) in [6, 6.07) is 5.31. The van der Waals surface area contributed by atoms with Gasteiger partial charge in [0.1, 0.15) is 5.75 Å². The van der Waals surface area contributed by atoms with Crippen molar-refractivity contribution in [2.45, 2.75) is 20.3 Å². The first-order valence-corrected chi connectivity index (χ1v) is 10.5. The lowest BCUT2D eigenvalue weighted by Gasteiger charge is -2.58. The smallest absolute Gasteiger partial charge is 0.262 e. The Hall–Kier alpha value is -2.12. The maximum atomic E-state index is 13.3. The standard InChI is InChI=1S/C22H29N3O4/c1-21(2)12-22(13-24-5-7-28-8-6-24)14-25(10-18(21)22)20(27)15-3-4-16-17(9-15)29-11-19(26)23-16/h3-4,9,18H,5-8,10-14H2,1-2H3,(H,23,26)/t18-,22+/m1/s1. The van der Waals surface area contributed by atoms with E-state index in [0.717, 1.165) is 52.4 Å². The second kappa shape index (κ2) is 6.71. The highest BCUT2D eigenvalue weighted by molar-refractivity contribution is 5.99. The van der Waals surface area contributed by atoms with Gasteiger partial charge in [0.05, 0.1) is 18.9 Å². The summed E-state index contributed by atoms with van der Waals surface area (Å²) in [4.78, 5) is 29.3. The van der Waals surface area contributed by atoms with Crippen molar-refractivity contribution < 1.29 is 19.1 Å². The van der Waals surface area contributed by atoms with Gasteiger partial charge in [0, 0.05) is 43.7 Å². The van der Waals surface area contributed by atoms with Crippen LogP contribution in [0.1, 0.15) is 30.6 Å². The van der Waals surface area contributed by atoms with E-state index in [1.165, 1.54) is 0 Å². The second-order valence-electron chi connectivity index (χ2n) is 9.70. The number of morpholine rings is 1. The summed E-state index contributed by atoms with van der Waals surface area (Å²) < 4.78 is 11.0. The highest BCUT2D eigenvalue weighted by Crippen LogP contribution is 2.63. The van der Waals surface area contributed by atoms with E-state index in [2.05, 4.69) is 24.1 Å². The maximum absolute atomic E-state index is 13.3. The van der Waals surface area contributed by atoms with Gasteiger partial charge in [0.2, 0.25) is 0 Å². The van der Waals surface area contributed by atoms with Gasteiger partial charge in [-0.1, -0.05) is 13.8 Å². The number of nitrogens with zero attached hydrogens (tertiary/aromatic N) is 2. The molecule has 0 bridgehead atoms. The minimum atomic E-state index is -0.167. The Bertz CT molecular complexity index is 848. The molecule has 3 heterocycles. The summed E-state index contributed by atoms with van der Waals surface area (Å²) in [7, 11) is 0. The van der Waals surface area contributed by atoms with Crippen LogP contribution in [0.15, 0.2) is 18.2 Å². The van der Waals surface area contributed by atoms with Gasteiger partial charge in [-0.05, 0) is 36.0 Å². The number of benzene rings is 1. The zero-order valence-electron chi connectivity index (χ0n) is 17.2. The molecule has 29 heavy (non-hydrogen) atoms. The first-order chi connectivity index (χ1) is 13.9. The van der Waals surface area contributed by atoms with Crippen LogP contribution in [0.5, 0.6) is 5.75 Å². The Kier molecular flexibility index (Phi) is 4.37. The molecule has 2 atom stereocenters. The number of likely N-dealkylation sites (tertiary alicyclic amines) is 1. The topological polar surface area (TPSA) is 71.1 Å². The molecule has 5 rings (SSSR count). The molecule has 1 N–H and O–H groups in total. The van der Waals surface area contributed by atoms with Gasteiger partial charge in [-0.15, -0.1) is 0 Å². The van der Waals surface area contributed by atoms with Gasteiger partial charge in [-0.2, -0.15) is 0 Å². The van der Waals surface area contributed by atoms with E-state index in [9.17, 15) is 9.59 Å². The molecular formula is C22H29N3O4. The fourth-order valence-electron chi connectivity index (χ4n) is 6.09. The number of nitrogens with one attached hydrogen (secondary N) is 1. The first kappa shape index (κ1) is 18.9. The number of carbonyl (C=O) groups is 2. The highest BCUT2D eigenvalue weighted by Gasteiger charge is 2.63. The van der Waals surface area contributed by atoms with Crippen molar-refractivity contribution in [2.24, 2.45) is 16.7 Å². The van der Waals surface area contributed by atoms with Gasteiger partial charge in [-0.3, -0.25) is 14.5 Å². The van der Waals surface area contributed by atoms with Crippen molar-refractivity contribution in [3.8, 4) is 5.75 Å². The van der Waals surface area contributed by atoms with Crippen LogP contribution in [-0.2, 0) is 9.53 Å². The molecule has 0 spiro atoms. The molecule has 0 unspecified atom stereocenters. The third kappa shape index (κ3) is 3.20. The van der Waals surface area contributed by atoms with Crippen LogP contribution in [0, 0.1) is 16.7 Å². The van der Waals surface area contributed by atoms with E-state index in [-0.39, 0.29) is 29.3 Å². The zero-order valence-corrected chi connectivity index (χ0v) is 17.2. The first-order valence-electron chi connectivity index (χ1n) is 10.5. The Morgan fingerprint density at radius 3 is 2.83 bits per heavy atom. The summed E-state index contributed by atoms with van der Waals surface area (Å²) >= 11 is 0. The summed E-state index contributed by atoms with van der Waals surface area (Å²) in [5.74, 6) is 0.982. The quantitative estimate of drug-likeness (QED) is 0.840. The van der Waals surface area contributed by atoms with Crippen LogP contribution >= 0.6 is 0 Å². The molecule has 3 aliphatic heterocycles. The van der Waals surface area contributed by atoms with Crippen LogP contribution in [0.4, 0.5) is 5.69 Å². The van der Waals surface area contributed by atoms with Gasteiger partial charge in [-0.25, -0.2) is 0 Å². The molecule has 2 amide bonds. The number of fused-ring (bicyclic) bond motifs is 2. The number of carbonyl (C=O) groups excluding carboxylic acids is 2. The number of rotatable bonds is 3. The molecule has 4 aliphatic rings. The van der Waals surface area contributed by atoms with E-state index in [4.69, 9.17) is 9.47 Å². The number of anilines is 1. The Morgan fingerprint density at radius 2 is 2.07 bits per heavy atom. The van der Waals surface area contributed by atoms with Crippen molar-refractivity contribution in [1.82, 2.24) is 9.80 Å². The predicted octanol–water partition coefficient (Wildman–Crippen LogP) is 1.84. The molecule has 7 nitrogen and oxygen atoms in total. The number of hydrogen-bond acceptors (Lipinski definition) is 5. The fraction of sp³-hybridized carbons (Fsp3) is 0.636. The molecule has 156 valence electrons. The molecule has 1 aliphatic carbocycles. The van der Waals surface area contributed by atoms with Crippen LogP contribution in [0.3, 0.4) is 0 Å². The van der Waals surface area contributed by atoms with Gasteiger partial charge in [0.25, 0.3) is 11.8 Å². The normalized spacial score (nSPS) is 30.6. The molecular weight excluding hydrogens is 370 g/mol. The molecule has 0 radical (unpaired) electrons. The largest absolute Gasteiger partial charge is 0.482 e. The molecule has 1 aromatic rings. The average molecular weight is 399 g/mol. The zero-order chi connectivity index (χ0) is 20.2. The SMILES string of the molecule is CC1(C)C[C@]2(CN3CCOCC3)CN(C(=O)c3ccc4c(c3)OCC(=O)N4)C[C@H]12. The fourth-order valence-corrected chi connectivity index (χ4v) is 6.09. The number of ether oxygens (including phenoxy) is 2. The number of amides is 2. The molecule has 3 fully saturated rings. The Balaban J connectivity index is 1.34. The van der Waals surface area contributed by atoms with Gasteiger partial charge < -0.3 is 19.7 Å². The van der Waals surface area contributed by atoms with Crippen molar-refractivity contribution >= 4 is 17.5 Å². The van der Waals surface area contributed by atoms with Gasteiger partial charge >= 0.3 is 0 Å². The van der Waals surface area contributed by atoms with Gasteiger partial charge in [0.15, 0.2) is 6.61 Å². The second-order valence-corrected chi connectivity index (χ2v) is 9.70. The van der Waals surface area contributed by atoms with Crippen LogP contribution in [-0.4, -0.2) is 74.2 Å². The monoisotopic (exact) mass is 399 g/mol. The van der Waals surface area contributed by atoms with Crippen molar-refractivity contribution in [3.05, 3.63) is 23.8 Å². The summed E-state index contributed by atoms with van der Waals surface area (Å²) in [5.41, 5.74) is 1.71. The van der Waals surface area contributed by atoms with E-state index >= 15 is 0 Å². The summed E-state index contributed by atoms with van der Waals surface area (Å²) in [6.45, 7) is 10.9. The lowest BCUT2D eigenvalue weighted by molar-refractivity contribution is -0.118. The molecule has 2 saturated heterocycles. The highest BCUT2D eigenvalue weighted by atomic mass is 16.5. The van der Waals surface area contributed by atoms with E-state index < -0.39 is 0 Å².